The number of fused-ring (bicyclic) bond motifs is 3. The summed E-state index contributed by atoms with van der Waals surface area (Å²) in [6.07, 6.45) is 0. The van der Waals surface area contributed by atoms with E-state index in [0.29, 0.717) is 0 Å². The Hall–Kier alpha value is -1.32. The molecule has 0 unspecified atom stereocenters. The van der Waals surface area contributed by atoms with Gasteiger partial charge >= 0.3 is 0 Å². The second-order valence-electron chi connectivity index (χ2n) is 6.35. The van der Waals surface area contributed by atoms with E-state index < -0.39 is 0 Å². The first-order valence-corrected chi connectivity index (χ1v) is 6.39. The summed E-state index contributed by atoms with van der Waals surface area (Å²) in [5.41, 5.74) is 3.98. The molecule has 2 heterocycles. The highest BCUT2D eigenvalue weighted by atomic mass is 16.5. The van der Waals surface area contributed by atoms with Gasteiger partial charge in [-0.05, 0) is 46.8 Å². The summed E-state index contributed by atoms with van der Waals surface area (Å²) in [5, 5.41) is 13.1. The molecule has 1 aromatic carbocycles. The number of nitrogens with zero attached hydrogens (tertiary/aromatic N) is 1. The maximum absolute atomic E-state index is 10.4. The molecule has 0 saturated carbocycles. The van der Waals surface area contributed by atoms with Gasteiger partial charge < -0.3 is 10.2 Å². The van der Waals surface area contributed by atoms with Gasteiger partial charge in [-0.2, -0.15) is 5.06 Å². The summed E-state index contributed by atoms with van der Waals surface area (Å²) in [6.45, 7) is 10.3. The summed E-state index contributed by atoms with van der Waals surface area (Å²) in [7, 11) is 0. The van der Waals surface area contributed by atoms with Crippen LogP contribution in [0.1, 0.15) is 44.5 Å². The van der Waals surface area contributed by atoms with Crippen LogP contribution < -0.4 is 0 Å². The molecule has 2 N–H and O–H groups in total. The Kier molecular flexibility index (Phi) is 2.07. The average molecular weight is 244 g/mol. The molecule has 0 radical (unpaired) electrons. The lowest BCUT2D eigenvalue weighted by molar-refractivity contribution is -0.216. The van der Waals surface area contributed by atoms with Crippen molar-refractivity contribution in [2.45, 2.75) is 45.7 Å². The first-order chi connectivity index (χ1) is 8.26. The van der Waals surface area contributed by atoms with E-state index in [0.717, 1.165) is 11.2 Å². The highest BCUT2D eigenvalue weighted by Crippen LogP contribution is 2.50. The molecule has 96 valence electrons. The van der Waals surface area contributed by atoms with E-state index in [1.807, 2.05) is 13.8 Å². The van der Waals surface area contributed by atoms with Gasteiger partial charge in [0, 0.05) is 22.2 Å². The van der Waals surface area contributed by atoms with E-state index in [-0.39, 0.29) is 11.1 Å². The molecule has 0 amide bonds. The van der Waals surface area contributed by atoms with Gasteiger partial charge in [0.05, 0.1) is 11.1 Å². The van der Waals surface area contributed by atoms with Crippen LogP contribution in [-0.2, 0) is 11.1 Å². The minimum atomic E-state index is -0.383. The Morgan fingerprint density at radius 2 is 1.78 bits per heavy atom. The van der Waals surface area contributed by atoms with Crippen molar-refractivity contribution in [1.82, 2.24) is 10.0 Å². The second-order valence-corrected chi connectivity index (χ2v) is 6.35. The van der Waals surface area contributed by atoms with E-state index >= 15 is 0 Å². The van der Waals surface area contributed by atoms with E-state index in [1.165, 1.54) is 21.6 Å². The van der Waals surface area contributed by atoms with Crippen molar-refractivity contribution < 1.29 is 5.21 Å². The molecule has 0 saturated heterocycles. The molecule has 0 spiro atoms. The number of H-pyrrole nitrogens is 1. The number of benzene rings is 1. The fourth-order valence-corrected chi connectivity index (χ4v) is 3.31. The summed E-state index contributed by atoms with van der Waals surface area (Å²) in [6, 6.07) is 6.43. The maximum Gasteiger partial charge on any atom is 0.0814 e. The molecule has 2 aromatic rings. The third-order valence-electron chi connectivity index (χ3n) is 4.24. The smallest absolute Gasteiger partial charge is 0.0814 e. The molecule has 3 heteroatoms. The Bertz CT molecular complexity index is 637. The van der Waals surface area contributed by atoms with Gasteiger partial charge in [-0.3, -0.25) is 0 Å². The predicted octanol–water partition coefficient (Wildman–Crippen LogP) is 3.65. The van der Waals surface area contributed by atoms with E-state index in [9.17, 15) is 5.21 Å². The molecular weight excluding hydrogens is 224 g/mol. The molecule has 1 aliphatic rings. The Morgan fingerprint density at radius 3 is 2.44 bits per heavy atom. The monoisotopic (exact) mass is 244 g/mol. The van der Waals surface area contributed by atoms with Gasteiger partial charge in [-0.1, -0.05) is 11.6 Å². The molecule has 3 nitrogen and oxygen atoms in total. The molecule has 1 aromatic heterocycles. The van der Waals surface area contributed by atoms with Crippen LogP contribution in [0.5, 0.6) is 0 Å². The molecule has 0 aliphatic carbocycles. The fraction of sp³-hybridized carbons (Fsp3) is 0.467. The van der Waals surface area contributed by atoms with Gasteiger partial charge in [0.1, 0.15) is 0 Å². The van der Waals surface area contributed by atoms with Crippen LogP contribution in [-0.4, -0.2) is 15.3 Å². The topological polar surface area (TPSA) is 39.3 Å². The van der Waals surface area contributed by atoms with Crippen molar-refractivity contribution in [3.63, 3.8) is 0 Å². The highest BCUT2D eigenvalue weighted by molar-refractivity contribution is 5.87. The largest absolute Gasteiger partial charge is 0.356 e. The number of aromatic nitrogens is 1. The van der Waals surface area contributed by atoms with Crippen LogP contribution in [0.4, 0.5) is 0 Å². The first kappa shape index (κ1) is 11.8. The summed E-state index contributed by atoms with van der Waals surface area (Å²) < 4.78 is 0. The van der Waals surface area contributed by atoms with Crippen LogP contribution in [0, 0.1) is 6.92 Å². The van der Waals surface area contributed by atoms with Crippen LogP contribution in [0.3, 0.4) is 0 Å². The Balaban J connectivity index is 2.43. The van der Waals surface area contributed by atoms with E-state index in [1.54, 1.807) is 0 Å². The predicted molar refractivity (Wildman–Crippen MR) is 72.7 cm³/mol. The zero-order valence-corrected chi connectivity index (χ0v) is 11.6. The summed E-state index contributed by atoms with van der Waals surface area (Å²) in [5.74, 6) is 0. The molecule has 18 heavy (non-hydrogen) atoms. The minimum absolute atomic E-state index is 0.370. The fourth-order valence-electron chi connectivity index (χ4n) is 3.31. The quantitative estimate of drug-likeness (QED) is 0.742. The van der Waals surface area contributed by atoms with Crippen molar-refractivity contribution in [3.8, 4) is 0 Å². The standard InChI is InChI=1S/C15H20N2O/c1-9-6-7-11-10(8-9)12-13(16-11)15(4,5)17(18)14(12,2)3/h6-8,16,18H,1-5H3. The van der Waals surface area contributed by atoms with Gasteiger partial charge in [0.15, 0.2) is 0 Å². The molecule has 3 rings (SSSR count). The number of hydrogen-bond acceptors (Lipinski definition) is 2. The van der Waals surface area contributed by atoms with Gasteiger partial charge in [-0.25, -0.2) is 0 Å². The number of rotatable bonds is 0. The zero-order chi connectivity index (χ0) is 13.3. The lowest BCUT2D eigenvalue weighted by atomic mass is 9.93. The minimum Gasteiger partial charge on any atom is -0.356 e. The molecule has 0 bridgehead atoms. The number of hydroxylamine groups is 2. The van der Waals surface area contributed by atoms with Crippen molar-refractivity contribution in [3.05, 3.63) is 35.0 Å². The number of nitrogens with one attached hydrogen (secondary N) is 1. The normalized spacial score (nSPS) is 21.4. The average Bonchev–Trinajstić information content (AvgIpc) is 2.72. The highest BCUT2D eigenvalue weighted by Gasteiger charge is 2.51. The van der Waals surface area contributed by atoms with Crippen molar-refractivity contribution >= 4 is 10.9 Å². The van der Waals surface area contributed by atoms with Crippen LogP contribution in [0.2, 0.25) is 0 Å². The molecule has 0 fully saturated rings. The van der Waals surface area contributed by atoms with Gasteiger partial charge in [-0.15, -0.1) is 0 Å². The number of aromatic amines is 1. The number of hydrogen-bond donors (Lipinski definition) is 2. The second kappa shape index (κ2) is 3.16. The Morgan fingerprint density at radius 1 is 1.11 bits per heavy atom. The molecule has 0 atom stereocenters. The van der Waals surface area contributed by atoms with Crippen molar-refractivity contribution in [2.75, 3.05) is 0 Å². The summed E-state index contributed by atoms with van der Waals surface area (Å²) in [4.78, 5) is 3.48. The van der Waals surface area contributed by atoms with Crippen LogP contribution >= 0.6 is 0 Å². The third-order valence-corrected chi connectivity index (χ3v) is 4.24. The van der Waals surface area contributed by atoms with Crippen LogP contribution in [0.15, 0.2) is 18.2 Å². The summed E-state index contributed by atoms with van der Waals surface area (Å²) >= 11 is 0. The lowest BCUT2D eigenvalue weighted by Gasteiger charge is -2.35. The van der Waals surface area contributed by atoms with E-state index in [4.69, 9.17) is 0 Å². The molecule has 1 aliphatic heterocycles. The third kappa shape index (κ3) is 1.21. The van der Waals surface area contributed by atoms with Crippen molar-refractivity contribution in [1.29, 1.82) is 0 Å². The van der Waals surface area contributed by atoms with Crippen molar-refractivity contribution in [2.24, 2.45) is 0 Å². The van der Waals surface area contributed by atoms with E-state index in [2.05, 4.69) is 44.0 Å². The SMILES string of the molecule is Cc1ccc2[nH]c3c(c2c1)C(C)(C)N(O)C3(C)C. The Labute approximate surface area is 107 Å². The zero-order valence-electron chi connectivity index (χ0n) is 11.6. The van der Waals surface area contributed by atoms with Crippen LogP contribution in [0.25, 0.3) is 10.9 Å². The molecular formula is C15H20N2O. The number of aryl methyl sites for hydroxylation is 1. The lowest BCUT2D eigenvalue weighted by Crippen LogP contribution is -2.43. The van der Waals surface area contributed by atoms with Gasteiger partial charge in [0.25, 0.3) is 0 Å². The maximum atomic E-state index is 10.4. The van der Waals surface area contributed by atoms with Gasteiger partial charge in [0.2, 0.25) is 0 Å². The first-order valence-electron chi connectivity index (χ1n) is 6.39.